The summed E-state index contributed by atoms with van der Waals surface area (Å²) in [5, 5.41) is 0. The topological polar surface area (TPSA) is 20.7 Å². The molecule has 2 aromatic rings. The normalized spacial score (nSPS) is 18.2. The van der Waals surface area contributed by atoms with Gasteiger partial charge in [0.1, 0.15) is 5.82 Å². The van der Waals surface area contributed by atoms with E-state index in [9.17, 15) is 4.39 Å². The molecule has 1 fully saturated rings. The number of fused-ring (bicyclic) bond motifs is 1. The number of nitrogens with one attached hydrogen (secondary N) is 1. The highest BCUT2D eigenvalue weighted by atomic mass is 32.1. The predicted octanol–water partition coefficient (Wildman–Crippen LogP) is 4.20. The van der Waals surface area contributed by atoms with Crippen LogP contribution in [0.2, 0.25) is 0 Å². The predicted molar refractivity (Wildman–Crippen MR) is 69.1 cm³/mol. The summed E-state index contributed by atoms with van der Waals surface area (Å²) in [4.78, 5) is 3.15. The van der Waals surface area contributed by atoms with E-state index in [0.29, 0.717) is 16.7 Å². The maximum atomic E-state index is 13.3. The van der Waals surface area contributed by atoms with Gasteiger partial charge in [-0.05, 0) is 56.1 Å². The van der Waals surface area contributed by atoms with Gasteiger partial charge in [-0.2, -0.15) is 0 Å². The number of hydrogen-bond donors (Lipinski definition) is 1. The fraction of sp³-hybridized carbons (Fsp3) is 0.462. The minimum absolute atomic E-state index is 0.207. The number of benzene rings is 1. The summed E-state index contributed by atoms with van der Waals surface area (Å²) in [7, 11) is 0. The summed E-state index contributed by atoms with van der Waals surface area (Å²) >= 11 is 5.35. The van der Waals surface area contributed by atoms with Crippen molar-refractivity contribution in [1.82, 2.24) is 9.55 Å². The van der Waals surface area contributed by atoms with Crippen molar-refractivity contribution >= 4 is 23.3 Å². The maximum absolute atomic E-state index is 13.3. The van der Waals surface area contributed by atoms with Crippen molar-refractivity contribution in [3.05, 3.63) is 28.8 Å². The molecule has 1 heterocycles. The van der Waals surface area contributed by atoms with E-state index in [2.05, 4.69) is 16.5 Å². The standard InChI is InChI=1S/C13H15FN2S/c1-8(9-3-2-4-9)16-12-7-10(14)5-6-11(12)15-13(16)17/h5-9H,2-4H2,1H3,(H,15,17). The third-order valence-electron chi connectivity index (χ3n) is 3.92. The number of aromatic nitrogens is 2. The molecule has 17 heavy (non-hydrogen) atoms. The van der Waals surface area contributed by atoms with Gasteiger partial charge in [0.15, 0.2) is 4.77 Å². The lowest BCUT2D eigenvalue weighted by molar-refractivity contribution is 0.224. The van der Waals surface area contributed by atoms with E-state index in [1.165, 1.54) is 25.3 Å². The van der Waals surface area contributed by atoms with Gasteiger partial charge in [0, 0.05) is 6.04 Å². The van der Waals surface area contributed by atoms with E-state index in [1.807, 2.05) is 0 Å². The Kier molecular flexibility index (Phi) is 2.54. The van der Waals surface area contributed by atoms with Crippen molar-refractivity contribution in [2.45, 2.75) is 32.2 Å². The van der Waals surface area contributed by atoms with Crippen molar-refractivity contribution in [3.8, 4) is 0 Å². The van der Waals surface area contributed by atoms with Crippen molar-refractivity contribution in [1.29, 1.82) is 0 Å². The molecule has 4 heteroatoms. The van der Waals surface area contributed by atoms with Gasteiger partial charge in [-0.1, -0.05) is 6.42 Å². The van der Waals surface area contributed by atoms with Gasteiger partial charge in [-0.3, -0.25) is 0 Å². The minimum atomic E-state index is -0.207. The Morgan fingerprint density at radius 3 is 2.88 bits per heavy atom. The van der Waals surface area contributed by atoms with Crippen molar-refractivity contribution in [2.24, 2.45) is 5.92 Å². The van der Waals surface area contributed by atoms with Gasteiger partial charge in [0.25, 0.3) is 0 Å². The van der Waals surface area contributed by atoms with E-state index < -0.39 is 0 Å². The Balaban J connectivity index is 2.16. The molecular formula is C13H15FN2S. The SMILES string of the molecule is CC(C1CCC1)n1c(=S)[nH]c2ccc(F)cc21. The smallest absolute Gasteiger partial charge is 0.178 e. The summed E-state index contributed by atoms with van der Waals surface area (Å²) in [6.07, 6.45) is 3.81. The monoisotopic (exact) mass is 250 g/mol. The molecule has 0 amide bonds. The summed E-state index contributed by atoms with van der Waals surface area (Å²) in [5.74, 6) is 0.477. The molecule has 1 aliphatic rings. The average Bonchev–Trinajstić information content (AvgIpc) is 2.50. The lowest BCUT2D eigenvalue weighted by atomic mass is 9.80. The second-order valence-electron chi connectivity index (χ2n) is 4.89. The van der Waals surface area contributed by atoms with Gasteiger partial charge < -0.3 is 9.55 Å². The first-order valence-corrected chi connectivity index (χ1v) is 6.47. The van der Waals surface area contributed by atoms with Crippen LogP contribution in [0.5, 0.6) is 0 Å². The van der Waals surface area contributed by atoms with E-state index in [1.54, 1.807) is 12.1 Å². The van der Waals surface area contributed by atoms with Gasteiger partial charge >= 0.3 is 0 Å². The van der Waals surface area contributed by atoms with Gasteiger partial charge in [0.05, 0.1) is 11.0 Å². The van der Waals surface area contributed by atoms with Crippen LogP contribution in [0.4, 0.5) is 4.39 Å². The van der Waals surface area contributed by atoms with Crippen LogP contribution >= 0.6 is 12.2 Å². The highest BCUT2D eigenvalue weighted by Gasteiger charge is 2.26. The molecule has 0 spiro atoms. The highest BCUT2D eigenvalue weighted by molar-refractivity contribution is 7.71. The van der Waals surface area contributed by atoms with Crippen LogP contribution in [0.15, 0.2) is 18.2 Å². The summed E-state index contributed by atoms with van der Waals surface area (Å²) in [6, 6.07) is 5.14. The number of rotatable bonds is 2. The van der Waals surface area contributed by atoms with E-state index in [0.717, 1.165) is 11.0 Å². The zero-order valence-corrected chi connectivity index (χ0v) is 10.6. The number of H-pyrrole nitrogens is 1. The van der Waals surface area contributed by atoms with E-state index >= 15 is 0 Å². The molecule has 0 radical (unpaired) electrons. The summed E-state index contributed by atoms with van der Waals surface area (Å²) in [5.41, 5.74) is 1.80. The largest absolute Gasteiger partial charge is 0.331 e. The van der Waals surface area contributed by atoms with E-state index in [4.69, 9.17) is 12.2 Å². The average molecular weight is 250 g/mol. The molecular weight excluding hydrogens is 235 g/mol. The van der Waals surface area contributed by atoms with Gasteiger partial charge in [-0.15, -0.1) is 0 Å². The Bertz CT molecular complexity index is 609. The molecule has 1 aromatic heterocycles. The lowest BCUT2D eigenvalue weighted by Gasteiger charge is -2.32. The fourth-order valence-corrected chi connectivity index (χ4v) is 3.01. The number of nitrogens with zero attached hydrogens (tertiary/aromatic N) is 1. The molecule has 1 saturated carbocycles. The van der Waals surface area contributed by atoms with Gasteiger partial charge in [-0.25, -0.2) is 4.39 Å². The minimum Gasteiger partial charge on any atom is -0.331 e. The third-order valence-corrected chi connectivity index (χ3v) is 4.22. The molecule has 1 N–H and O–H groups in total. The number of halogens is 1. The number of imidazole rings is 1. The van der Waals surface area contributed by atoms with Crippen LogP contribution in [-0.2, 0) is 0 Å². The van der Waals surface area contributed by atoms with Crippen LogP contribution in [0.3, 0.4) is 0 Å². The third kappa shape index (κ3) is 1.71. The Labute approximate surface area is 104 Å². The fourth-order valence-electron chi connectivity index (χ4n) is 2.63. The molecule has 1 aliphatic carbocycles. The zero-order valence-electron chi connectivity index (χ0n) is 9.74. The zero-order chi connectivity index (χ0) is 12.0. The van der Waals surface area contributed by atoms with Crippen LogP contribution in [0.25, 0.3) is 11.0 Å². The Morgan fingerprint density at radius 2 is 2.24 bits per heavy atom. The molecule has 0 aliphatic heterocycles. The quantitative estimate of drug-likeness (QED) is 0.792. The summed E-state index contributed by atoms with van der Waals surface area (Å²) in [6.45, 7) is 2.18. The summed E-state index contributed by atoms with van der Waals surface area (Å²) < 4.78 is 16.1. The molecule has 3 rings (SSSR count). The second kappa shape index (κ2) is 3.95. The molecule has 1 atom stereocenters. The van der Waals surface area contributed by atoms with Crippen molar-refractivity contribution in [3.63, 3.8) is 0 Å². The first kappa shape index (κ1) is 11.0. The molecule has 0 saturated heterocycles. The molecule has 1 unspecified atom stereocenters. The number of aromatic amines is 1. The first-order valence-electron chi connectivity index (χ1n) is 6.06. The highest BCUT2D eigenvalue weighted by Crippen LogP contribution is 2.37. The molecule has 1 aromatic carbocycles. The molecule has 2 nitrogen and oxygen atoms in total. The van der Waals surface area contributed by atoms with Crippen molar-refractivity contribution in [2.75, 3.05) is 0 Å². The lowest BCUT2D eigenvalue weighted by Crippen LogP contribution is -2.22. The van der Waals surface area contributed by atoms with Crippen LogP contribution in [-0.4, -0.2) is 9.55 Å². The second-order valence-corrected chi connectivity index (χ2v) is 5.28. The van der Waals surface area contributed by atoms with Crippen molar-refractivity contribution < 1.29 is 4.39 Å². The number of hydrogen-bond acceptors (Lipinski definition) is 1. The van der Waals surface area contributed by atoms with Crippen LogP contribution in [0.1, 0.15) is 32.2 Å². The van der Waals surface area contributed by atoms with E-state index in [-0.39, 0.29) is 5.82 Å². The maximum Gasteiger partial charge on any atom is 0.178 e. The Hall–Kier alpha value is -1.16. The first-order chi connectivity index (χ1) is 8.16. The molecule has 0 bridgehead atoms. The molecule has 90 valence electrons. The van der Waals surface area contributed by atoms with Crippen LogP contribution < -0.4 is 0 Å². The van der Waals surface area contributed by atoms with Crippen LogP contribution in [0, 0.1) is 16.5 Å². The Morgan fingerprint density at radius 1 is 1.47 bits per heavy atom. The van der Waals surface area contributed by atoms with Gasteiger partial charge in [0.2, 0.25) is 0 Å².